The van der Waals surface area contributed by atoms with Crippen LogP contribution in [0.3, 0.4) is 0 Å². The number of carboxylic acid groups (broad SMARTS) is 1. The Morgan fingerprint density at radius 2 is 2.38 bits per heavy atom. The molecule has 0 amide bonds. The summed E-state index contributed by atoms with van der Waals surface area (Å²) in [5.41, 5.74) is 0. The molecule has 0 fully saturated rings. The average Bonchev–Trinajstić information content (AvgIpc) is 1.66. The van der Waals surface area contributed by atoms with Gasteiger partial charge in [0.15, 0.2) is 0 Å². The number of carbonyl (C=O) groups is 1. The lowest BCUT2D eigenvalue weighted by atomic mass is 10.4. The van der Waals surface area contributed by atoms with Gasteiger partial charge in [-0.2, -0.15) is 0 Å². The number of allylic oxidation sites excluding steroid dienone is 2. The largest absolute Gasteiger partial charge is 0.478 e. The fraction of sp³-hybridized carbons (Fsp3) is 0.167. The topological polar surface area (TPSA) is 37.3 Å². The van der Waals surface area contributed by atoms with Crippen molar-refractivity contribution in [1.29, 1.82) is 0 Å². The Kier molecular flexibility index (Phi) is 3.58. The van der Waals surface area contributed by atoms with Crippen LogP contribution >= 0.6 is 0 Å². The zero-order chi connectivity index (χ0) is 6.41. The molecule has 0 aromatic rings. The molecule has 1 N–H and O–H groups in total. The summed E-state index contributed by atoms with van der Waals surface area (Å²) in [6, 6.07) is 0. The van der Waals surface area contributed by atoms with E-state index in [1.54, 1.807) is 0 Å². The van der Waals surface area contributed by atoms with Gasteiger partial charge in [-0.25, -0.2) is 4.79 Å². The van der Waals surface area contributed by atoms with E-state index in [9.17, 15) is 4.79 Å². The Bertz CT molecular complexity index is 114. The van der Waals surface area contributed by atoms with Crippen LogP contribution in [0, 0.1) is 6.58 Å². The molecule has 0 heterocycles. The highest BCUT2D eigenvalue weighted by Crippen LogP contribution is 1.80. The van der Waals surface area contributed by atoms with Gasteiger partial charge in [0.2, 0.25) is 0 Å². The molecule has 1 radical (unpaired) electrons. The van der Waals surface area contributed by atoms with Gasteiger partial charge in [-0.3, -0.25) is 0 Å². The highest BCUT2D eigenvalue weighted by atomic mass is 16.4. The fourth-order valence-corrected chi connectivity index (χ4v) is 0.247. The van der Waals surface area contributed by atoms with Crippen molar-refractivity contribution in [2.45, 2.75) is 6.42 Å². The number of aliphatic carboxylic acids is 1. The van der Waals surface area contributed by atoms with E-state index < -0.39 is 5.97 Å². The lowest BCUT2D eigenvalue weighted by molar-refractivity contribution is -0.131. The predicted octanol–water partition coefficient (Wildman–Crippen LogP) is 1.01. The first-order chi connectivity index (χ1) is 3.77. The van der Waals surface area contributed by atoms with E-state index in [1.165, 1.54) is 12.2 Å². The summed E-state index contributed by atoms with van der Waals surface area (Å²) in [6.45, 7) is 4.95. The lowest BCUT2D eigenvalue weighted by Gasteiger charge is -1.75. The van der Waals surface area contributed by atoms with Crippen molar-refractivity contribution in [3.05, 3.63) is 24.8 Å². The molecule has 0 aliphatic rings. The van der Waals surface area contributed by atoms with Crippen molar-refractivity contribution in [1.82, 2.24) is 0 Å². The minimum absolute atomic E-state index is 0.506. The molecule has 43 valence electrons. The van der Waals surface area contributed by atoms with Gasteiger partial charge in [0.25, 0.3) is 0 Å². The van der Waals surface area contributed by atoms with Crippen LogP contribution in [0.2, 0.25) is 0 Å². The van der Waals surface area contributed by atoms with Crippen LogP contribution in [0.25, 0.3) is 0 Å². The van der Waals surface area contributed by atoms with E-state index in [2.05, 4.69) is 0 Å². The third-order valence-electron chi connectivity index (χ3n) is 0.533. The van der Waals surface area contributed by atoms with Crippen LogP contribution in [0.1, 0.15) is 6.42 Å². The minimum Gasteiger partial charge on any atom is -0.478 e. The molecule has 2 nitrogen and oxygen atoms in total. The van der Waals surface area contributed by atoms with Crippen LogP contribution in [0.15, 0.2) is 18.2 Å². The number of rotatable bonds is 3. The Labute approximate surface area is 48.1 Å². The van der Waals surface area contributed by atoms with Gasteiger partial charge in [0.1, 0.15) is 0 Å². The molecule has 0 spiro atoms. The van der Waals surface area contributed by atoms with Crippen LogP contribution < -0.4 is 0 Å². The molecule has 0 unspecified atom stereocenters. The predicted molar refractivity (Wildman–Crippen MR) is 30.3 cm³/mol. The van der Waals surface area contributed by atoms with Crippen molar-refractivity contribution in [2.75, 3.05) is 0 Å². The van der Waals surface area contributed by atoms with Crippen molar-refractivity contribution >= 4 is 5.97 Å². The van der Waals surface area contributed by atoms with Crippen LogP contribution in [-0.4, -0.2) is 11.1 Å². The second kappa shape index (κ2) is 4.12. The summed E-state index contributed by atoms with van der Waals surface area (Å²) in [5.74, 6) is -0.938. The number of hydrogen-bond acceptors (Lipinski definition) is 1. The molecular formula is C6H7O2. The molecule has 0 aliphatic heterocycles. The SMILES string of the molecule is [CH]=CCC=CC(=O)O. The van der Waals surface area contributed by atoms with E-state index in [4.69, 9.17) is 11.7 Å². The summed E-state index contributed by atoms with van der Waals surface area (Å²) in [6.07, 6.45) is 4.43. The van der Waals surface area contributed by atoms with E-state index in [1.807, 2.05) is 0 Å². The standard InChI is InChI=1S/C6H7O2/c1-2-3-4-5-6(7)8/h1-2,4-5H,3H2,(H,7,8). The third-order valence-corrected chi connectivity index (χ3v) is 0.533. The average molecular weight is 111 g/mol. The first-order valence-corrected chi connectivity index (χ1v) is 2.20. The summed E-state index contributed by atoms with van der Waals surface area (Å²) in [5, 5.41) is 8.00. The highest BCUT2D eigenvalue weighted by Gasteiger charge is 1.80. The maximum absolute atomic E-state index is 9.73. The normalized spacial score (nSPS) is 9.50. The summed E-state index contributed by atoms with van der Waals surface area (Å²) in [4.78, 5) is 9.73. The molecule has 2 heteroatoms. The monoisotopic (exact) mass is 111 g/mol. The van der Waals surface area contributed by atoms with Gasteiger partial charge < -0.3 is 5.11 Å². The second-order valence-electron chi connectivity index (χ2n) is 1.21. The van der Waals surface area contributed by atoms with Crippen molar-refractivity contribution in [3.8, 4) is 0 Å². The van der Waals surface area contributed by atoms with Gasteiger partial charge in [0, 0.05) is 6.08 Å². The Balaban J connectivity index is 3.34. The van der Waals surface area contributed by atoms with Crippen molar-refractivity contribution < 1.29 is 9.90 Å². The quantitative estimate of drug-likeness (QED) is 0.552. The Morgan fingerprint density at radius 1 is 1.75 bits per heavy atom. The lowest BCUT2D eigenvalue weighted by Crippen LogP contribution is -1.84. The molecule has 0 bridgehead atoms. The van der Waals surface area contributed by atoms with Gasteiger partial charge in [-0.1, -0.05) is 18.7 Å². The summed E-state index contributed by atoms with van der Waals surface area (Å²) < 4.78 is 0. The summed E-state index contributed by atoms with van der Waals surface area (Å²) in [7, 11) is 0. The van der Waals surface area contributed by atoms with Crippen molar-refractivity contribution in [3.63, 3.8) is 0 Å². The maximum atomic E-state index is 9.73. The van der Waals surface area contributed by atoms with Gasteiger partial charge in [0.05, 0.1) is 0 Å². The Morgan fingerprint density at radius 3 is 2.75 bits per heavy atom. The maximum Gasteiger partial charge on any atom is 0.327 e. The first kappa shape index (κ1) is 6.95. The van der Waals surface area contributed by atoms with E-state index in [0.29, 0.717) is 6.42 Å². The zero-order valence-electron chi connectivity index (χ0n) is 4.37. The minimum atomic E-state index is -0.938. The molecule has 0 aliphatic carbocycles. The van der Waals surface area contributed by atoms with Gasteiger partial charge in [-0.15, -0.1) is 0 Å². The fourth-order valence-electron chi connectivity index (χ4n) is 0.247. The molecule has 0 saturated carbocycles. The van der Waals surface area contributed by atoms with E-state index in [-0.39, 0.29) is 0 Å². The summed E-state index contributed by atoms with van der Waals surface area (Å²) >= 11 is 0. The molecule has 0 aromatic heterocycles. The number of carboxylic acids is 1. The van der Waals surface area contributed by atoms with Crippen LogP contribution in [0.4, 0.5) is 0 Å². The van der Waals surface area contributed by atoms with E-state index >= 15 is 0 Å². The Hall–Kier alpha value is -1.05. The second-order valence-corrected chi connectivity index (χ2v) is 1.21. The van der Waals surface area contributed by atoms with Gasteiger partial charge >= 0.3 is 5.97 Å². The molecule has 0 saturated heterocycles. The van der Waals surface area contributed by atoms with E-state index in [0.717, 1.165) is 6.08 Å². The molecule has 0 atom stereocenters. The molecular weight excluding hydrogens is 104 g/mol. The zero-order valence-corrected chi connectivity index (χ0v) is 4.37. The third kappa shape index (κ3) is 4.95. The first-order valence-electron chi connectivity index (χ1n) is 2.20. The van der Waals surface area contributed by atoms with Gasteiger partial charge in [-0.05, 0) is 6.42 Å². The molecule has 8 heavy (non-hydrogen) atoms. The molecule has 0 aromatic carbocycles. The van der Waals surface area contributed by atoms with Crippen LogP contribution in [-0.2, 0) is 4.79 Å². The number of hydrogen-bond donors (Lipinski definition) is 1. The highest BCUT2D eigenvalue weighted by molar-refractivity contribution is 5.79. The van der Waals surface area contributed by atoms with Crippen LogP contribution in [0.5, 0.6) is 0 Å². The van der Waals surface area contributed by atoms with Crippen molar-refractivity contribution in [2.24, 2.45) is 0 Å². The molecule has 0 rings (SSSR count). The smallest absolute Gasteiger partial charge is 0.327 e.